The molecule has 3 aliphatic heterocycles. The number of carbonyl (C=O) groups excluding carboxylic acids is 1. The molecule has 3 heterocycles. The summed E-state index contributed by atoms with van der Waals surface area (Å²) in [6.07, 6.45) is 1.47. The SMILES string of the molecule is COc1ccc(C)cc1S(=O)(=O)N1CC[C@@]23OCCCN2C(=O)C[C@@H]13. The highest BCUT2D eigenvalue weighted by Crippen LogP contribution is 2.47. The van der Waals surface area contributed by atoms with Crippen LogP contribution in [0.5, 0.6) is 5.75 Å². The number of amides is 1. The Kier molecular flexibility index (Phi) is 3.82. The third-order valence-corrected chi connectivity index (χ3v) is 7.40. The number of sulfonamides is 1. The van der Waals surface area contributed by atoms with E-state index in [-0.39, 0.29) is 17.2 Å². The minimum Gasteiger partial charge on any atom is -0.495 e. The molecule has 1 amide bonds. The molecule has 136 valence electrons. The molecule has 3 fully saturated rings. The van der Waals surface area contributed by atoms with Crippen molar-refractivity contribution in [2.45, 2.75) is 42.8 Å². The van der Waals surface area contributed by atoms with E-state index in [4.69, 9.17) is 9.47 Å². The van der Waals surface area contributed by atoms with Crippen LogP contribution < -0.4 is 4.74 Å². The Hall–Kier alpha value is -1.64. The molecule has 0 aliphatic carbocycles. The standard InChI is InChI=1S/C17H22N2O5S/c1-12-4-5-13(23-2)14(10-12)25(21,22)19-8-6-17-15(19)11-16(20)18(17)7-3-9-24-17/h4-5,10,15H,3,6-9,11H2,1-2H3/t15-,17+/m1/s1. The molecule has 4 rings (SSSR count). The van der Waals surface area contributed by atoms with Crippen molar-refractivity contribution in [1.29, 1.82) is 0 Å². The van der Waals surface area contributed by atoms with Crippen molar-refractivity contribution in [2.24, 2.45) is 0 Å². The summed E-state index contributed by atoms with van der Waals surface area (Å²) in [7, 11) is -2.33. The highest BCUT2D eigenvalue weighted by atomic mass is 32.2. The maximum absolute atomic E-state index is 13.3. The monoisotopic (exact) mass is 366 g/mol. The van der Waals surface area contributed by atoms with E-state index in [0.717, 1.165) is 12.0 Å². The van der Waals surface area contributed by atoms with E-state index in [0.29, 0.717) is 31.9 Å². The summed E-state index contributed by atoms with van der Waals surface area (Å²) in [5.74, 6) is 0.290. The Morgan fingerprint density at radius 3 is 2.88 bits per heavy atom. The highest BCUT2D eigenvalue weighted by molar-refractivity contribution is 7.89. The van der Waals surface area contributed by atoms with E-state index in [9.17, 15) is 13.2 Å². The number of hydrogen-bond acceptors (Lipinski definition) is 5. The first-order valence-corrected chi connectivity index (χ1v) is 9.95. The Bertz CT molecular complexity index is 824. The third kappa shape index (κ3) is 2.31. The Morgan fingerprint density at radius 2 is 2.12 bits per heavy atom. The second kappa shape index (κ2) is 5.69. The molecular weight excluding hydrogens is 344 g/mol. The van der Waals surface area contributed by atoms with Gasteiger partial charge >= 0.3 is 0 Å². The van der Waals surface area contributed by atoms with Crippen LogP contribution in [0, 0.1) is 6.92 Å². The van der Waals surface area contributed by atoms with E-state index >= 15 is 0 Å². The number of aryl methyl sites for hydroxylation is 1. The van der Waals surface area contributed by atoms with Gasteiger partial charge < -0.3 is 14.4 Å². The number of methoxy groups -OCH3 is 1. The average molecular weight is 366 g/mol. The van der Waals surface area contributed by atoms with Gasteiger partial charge in [-0.1, -0.05) is 6.07 Å². The molecule has 2 atom stereocenters. The summed E-state index contributed by atoms with van der Waals surface area (Å²) in [5.41, 5.74) is 0.0470. The number of carbonyl (C=O) groups is 1. The number of nitrogens with zero attached hydrogens (tertiary/aromatic N) is 2. The molecule has 1 aromatic carbocycles. The van der Waals surface area contributed by atoms with Gasteiger partial charge in [-0.3, -0.25) is 4.79 Å². The molecule has 1 aromatic rings. The molecule has 3 saturated heterocycles. The highest BCUT2D eigenvalue weighted by Gasteiger charge is 2.63. The van der Waals surface area contributed by atoms with Crippen LogP contribution in [0.25, 0.3) is 0 Å². The molecule has 0 N–H and O–H groups in total. The number of benzene rings is 1. The lowest BCUT2D eigenvalue weighted by Gasteiger charge is -2.42. The van der Waals surface area contributed by atoms with Crippen molar-refractivity contribution >= 4 is 15.9 Å². The van der Waals surface area contributed by atoms with Crippen molar-refractivity contribution in [3.05, 3.63) is 23.8 Å². The fourth-order valence-electron chi connectivity index (χ4n) is 4.31. The van der Waals surface area contributed by atoms with E-state index in [2.05, 4.69) is 0 Å². The summed E-state index contributed by atoms with van der Waals surface area (Å²) in [6, 6.07) is 4.62. The molecule has 0 bridgehead atoms. The maximum atomic E-state index is 13.3. The molecule has 7 nitrogen and oxygen atoms in total. The zero-order valence-corrected chi connectivity index (χ0v) is 15.2. The fraction of sp³-hybridized carbons (Fsp3) is 0.588. The Balaban J connectivity index is 1.76. The maximum Gasteiger partial charge on any atom is 0.247 e. The van der Waals surface area contributed by atoms with Crippen LogP contribution in [-0.2, 0) is 19.6 Å². The van der Waals surface area contributed by atoms with Crippen LogP contribution >= 0.6 is 0 Å². The molecule has 0 aromatic heterocycles. The first kappa shape index (κ1) is 16.8. The molecule has 0 unspecified atom stereocenters. The van der Waals surface area contributed by atoms with Crippen LogP contribution in [-0.4, -0.2) is 62.1 Å². The molecule has 3 aliphatic rings. The van der Waals surface area contributed by atoms with Crippen molar-refractivity contribution < 1.29 is 22.7 Å². The zero-order valence-electron chi connectivity index (χ0n) is 14.4. The Labute approximate surface area is 147 Å². The first-order valence-electron chi connectivity index (χ1n) is 8.51. The number of rotatable bonds is 3. The quantitative estimate of drug-likeness (QED) is 0.801. The second-order valence-electron chi connectivity index (χ2n) is 6.83. The molecule has 1 spiro atoms. The predicted molar refractivity (Wildman–Crippen MR) is 89.7 cm³/mol. The van der Waals surface area contributed by atoms with Gasteiger partial charge in [0, 0.05) is 25.9 Å². The van der Waals surface area contributed by atoms with Crippen LogP contribution in [0.1, 0.15) is 24.8 Å². The second-order valence-corrected chi connectivity index (χ2v) is 8.69. The van der Waals surface area contributed by atoms with Crippen molar-refractivity contribution in [2.75, 3.05) is 26.8 Å². The number of hydrogen-bond donors (Lipinski definition) is 0. The summed E-state index contributed by atoms with van der Waals surface area (Å²) >= 11 is 0. The predicted octanol–water partition coefficient (Wildman–Crippen LogP) is 1.12. The van der Waals surface area contributed by atoms with Crippen molar-refractivity contribution in [1.82, 2.24) is 9.21 Å². The van der Waals surface area contributed by atoms with Gasteiger partial charge in [-0.15, -0.1) is 0 Å². The molecule has 0 radical (unpaired) electrons. The molecular formula is C17H22N2O5S. The summed E-state index contributed by atoms with van der Waals surface area (Å²) < 4.78 is 39.4. The van der Waals surface area contributed by atoms with E-state index in [1.165, 1.54) is 11.4 Å². The van der Waals surface area contributed by atoms with Gasteiger partial charge in [0.25, 0.3) is 0 Å². The molecule has 0 saturated carbocycles. The van der Waals surface area contributed by atoms with Gasteiger partial charge in [0.15, 0.2) is 5.72 Å². The van der Waals surface area contributed by atoms with Crippen LogP contribution in [0.4, 0.5) is 0 Å². The fourth-order valence-corrected chi connectivity index (χ4v) is 6.21. The summed E-state index contributed by atoms with van der Waals surface area (Å²) in [5, 5.41) is 0. The average Bonchev–Trinajstić information content (AvgIpc) is 3.07. The van der Waals surface area contributed by atoms with Crippen molar-refractivity contribution in [3.8, 4) is 5.75 Å². The van der Waals surface area contributed by atoms with Gasteiger partial charge in [0.05, 0.1) is 19.8 Å². The van der Waals surface area contributed by atoms with Gasteiger partial charge in [-0.25, -0.2) is 8.42 Å². The summed E-state index contributed by atoms with van der Waals surface area (Å²) in [6.45, 7) is 3.38. The molecule has 25 heavy (non-hydrogen) atoms. The van der Waals surface area contributed by atoms with Gasteiger partial charge in [0.1, 0.15) is 10.6 Å². The van der Waals surface area contributed by atoms with Crippen LogP contribution in [0.15, 0.2) is 23.1 Å². The largest absolute Gasteiger partial charge is 0.495 e. The Morgan fingerprint density at radius 1 is 1.32 bits per heavy atom. The lowest BCUT2D eigenvalue weighted by Crippen LogP contribution is -2.56. The first-order chi connectivity index (χ1) is 11.9. The minimum absolute atomic E-state index is 0.0270. The van der Waals surface area contributed by atoms with Gasteiger partial charge in [0.2, 0.25) is 15.9 Å². The van der Waals surface area contributed by atoms with Gasteiger partial charge in [-0.2, -0.15) is 4.31 Å². The van der Waals surface area contributed by atoms with Crippen molar-refractivity contribution in [3.63, 3.8) is 0 Å². The lowest BCUT2D eigenvalue weighted by atomic mass is 10.0. The van der Waals surface area contributed by atoms with Crippen LogP contribution in [0.2, 0.25) is 0 Å². The summed E-state index contributed by atoms with van der Waals surface area (Å²) in [4.78, 5) is 14.3. The third-order valence-electron chi connectivity index (χ3n) is 5.47. The van der Waals surface area contributed by atoms with E-state index in [1.54, 1.807) is 17.0 Å². The number of ether oxygens (including phenoxy) is 2. The normalized spacial score (nSPS) is 29.6. The van der Waals surface area contributed by atoms with E-state index in [1.807, 2.05) is 13.0 Å². The van der Waals surface area contributed by atoms with Gasteiger partial charge in [-0.05, 0) is 31.0 Å². The molecule has 8 heteroatoms. The van der Waals surface area contributed by atoms with Crippen LogP contribution in [0.3, 0.4) is 0 Å². The minimum atomic E-state index is -3.79. The lowest BCUT2D eigenvalue weighted by molar-refractivity contribution is -0.178. The smallest absolute Gasteiger partial charge is 0.247 e. The zero-order chi connectivity index (χ0) is 17.8. The topological polar surface area (TPSA) is 76.2 Å². The van der Waals surface area contributed by atoms with E-state index < -0.39 is 21.8 Å².